The van der Waals surface area contributed by atoms with Gasteiger partial charge in [-0.05, 0) is 49.7 Å². The minimum Gasteiger partial charge on any atom is -0.497 e. The molecule has 2 aromatic carbocycles. The quantitative estimate of drug-likeness (QED) is 0.746. The van der Waals surface area contributed by atoms with Crippen LogP contribution in [0.1, 0.15) is 49.9 Å². The monoisotopic (exact) mass is 437 g/mol. The van der Waals surface area contributed by atoms with Crippen molar-refractivity contribution >= 4 is 23.2 Å². The van der Waals surface area contributed by atoms with Crippen LogP contribution >= 0.6 is 0 Å². The Bertz CT molecular complexity index is 995. The number of anilines is 2. The number of nitrogens with zero attached hydrogens (tertiary/aromatic N) is 2. The first-order valence-corrected chi connectivity index (χ1v) is 11.1. The molecule has 1 spiro atoms. The molecule has 0 aromatic heterocycles. The van der Waals surface area contributed by atoms with Gasteiger partial charge in [0.2, 0.25) is 5.91 Å². The summed E-state index contributed by atoms with van der Waals surface area (Å²) in [6.07, 6.45) is 1.79. The molecule has 1 saturated heterocycles. The van der Waals surface area contributed by atoms with Gasteiger partial charge < -0.3 is 20.1 Å². The summed E-state index contributed by atoms with van der Waals surface area (Å²) < 4.78 is 5.28. The van der Waals surface area contributed by atoms with E-state index >= 15 is 0 Å². The summed E-state index contributed by atoms with van der Waals surface area (Å²) in [5.74, 6) is 0.618. The zero-order chi connectivity index (χ0) is 22.9. The Kier molecular flexibility index (Phi) is 5.86. The van der Waals surface area contributed by atoms with Crippen LogP contribution in [0.5, 0.6) is 5.75 Å². The zero-order valence-electron chi connectivity index (χ0n) is 18.9. The van der Waals surface area contributed by atoms with E-state index in [1.807, 2.05) is 60.4 Å². The van der Waals surface area contributed by atoms with Crippen LogP contribution in [0.3, 0.4) is 0 Å². The van der Waals surface area contributed by atoms with E-state index in [0.29, 0.717) is 37.9 Å². The van der Waals surface area contributed by atoms with Gasteiger partial charge in [0.1, 0.15) is 11.4 Å². The van der Waals surface area contributed by atoms with Crippen molar-refractivity contribution in [2.45, 2.75) is 50.8 Å². The molecule has 4 rings (SSSR count). The molecule has 1 atom stereocenters. The van der Waals surface area contributed by atoms with Crippen LogP contribution in [-0.2, 0) is 4.79 Å². The van der Waals surface area contributed by atoms with Gasteiger partial charge in [0.05, 0.1) is 24.7 Å². The second kappa shape index (κ2) is 8.47. The fourth-order valence-corrected chi connectivity index (χ4v) is 4.53. The van der Waals surface area contributed by atoms with Crippen LogP contribution in [0.15, 0.2) is 48.5 Å². The van der Waals surface area contributed by atoms with Gasteiger partial charge >= 0.3 is 0 Å². The van der Waals surface area contributed by atoms with E-state index in [2.05, 4.69) is 5.32 Å². The van der Waals surface area contributed by atoms with Crippen LogP contribution in [-0.4, -0.2) is 53.3 Å². The number of ether oxygens (including phenoxy) is 1. The number of aliphatic hydroxyl groups is 1. The highest BCUT2D eigenvalue weighted by Gasteiger charge is 2.48. The minimum atomic E-state index is -1.00. The maximum absolute atomic E-state index is 13.6. The molecule has 2 aliphatic rings. The Hall–Kier alpha value is -3.06. The van der Waals surface area contributed by atoms with Crippen molar-refractivity contribution in [3.63, 3.8) is 0 Å². The van der Waals surface area contributed by atoms with Gasteiger partial charge in [-0.25, -0.2) is 0 Å². The molecule has 2 N–H and O–H groups in total. The van der Waals surface area contributed by atoms with Crippen LogP contribution in [0.25, 0.3) is 0 Å². The Morgan fingerprint density at radius 2 is 1.81 bits per heavy atom. The van der Waals surface area contributed by atoms with Gasteiger partial charge in [-0.1, -0.05) is 19.1 Å². The summed E-state index contributed by atoms with van der Waals surface area (Å²) in [6.45, 7) is 4.59. The molecule has 2 aromatic rings. The SMILES string of the molecule is CCC(C)(O)CC(=O)N1CCC2(CC1)Nc1ccccc1C(=O)N2c1ccc(OC)cc1. The summed E-state index contributed by atoms with van der Waals surface area (Å²) in [5, 5.41) is 13.9. The smallest absolute Gasteiger partial charge is 0.262 e. The van der Waals surface area contributed by atoms with E-state index in [4.69, 9.17) is 4.74 Å². The van der Waals surface area contributed by atoms with Crippen LogP contribution in [0.4, 0.5) is 11.4 Å². The van der Waals surface area contributed by atoms with Crippen molar-refractivity contribution in [3.8, 4) is 5.75 Å². The van der Waals surface area contributed by atoms with Crippen molar-refractivity contribution in [1.29, 1.82) is 0 Å². The molecular formula is C25H31N3O4. The van der Waals surface area contributed by atoms with E-state index in [1.54, 1.807) is 18.9 Å². The number of methoxy groups -OCH3 is 1. The van der Waals surface area contributed by atoms with Gasteiger partial charge in [-0.3, -0.25) is 14.5 Å². The van der Waals surface area contributed by atoms with E-state index < -0.39 is 11.3 Å². The number of likely N-dealkylation sites (tertiary alicyclic amines) is 1. The highest BCUT2D eigenvalue weighted by molar-refractivity contribution is 6.12. The van der Waals surface area contributed by atoms with Crippen molar-refractivity contribution < 1.29 is 19.4 Å². The molecule has 7 nitrogen and oxygen atoms in total. The maximum Gasteiger partial charge on any atom is 0.262 e. The molecule has 1 unspecified atom stereocenters. The Morgan fingerprint density at radius 1 is 1.16 bits per heavy atom. The first kappa shape index (κ1) is 22.1. The number of amides is 2. The first-order chi connectivity index (χ1) is 15.3. The summed E-state index contributed by atoms with van der Waals surface area (Å²) in [6, 6.07) is 15.0. The Labute approximate surface area is 189 Å². The number of carbonyl (C=O) groups excluding carboxylic acids is 2. The number of hydrogen-bond donors (Lipinski definition) is 2. The molecular weight excluding hydrogens is 406 g/mol. The molecule has 1 fully saturated rings. The lowest BCUT2D eigenvalue weighted by Crippen LogP contribution is -2.65. The fourth-order valence-electron chi connectivity index (χ4n) is 4.53. The second-order valence-corrected chi connectivity index (χ2v) is 8.95. The maximum atomic E-state index is 13.6. The summed E-state index contributed by atoms with van der Waals surface area (Å²) in [5.41, 5.74) is 0.595. The average molecular weight is 438 g/mol. The summed E-state index contributed by atoms with van der Waals surface area (Å²) in [4.78, 5) is 30.0. The standard InChI is InChI=1S/C25H31N3O4/c1-4-24(2,31)17-22(29)27-15-13-25(14-16-27)26-21-8-6-5-7-20(21)23(30)28(25)18-9-11-19(32-3)12-10-18/h5-12,26,31H,4,13-17H2,1-3H3. The molecule has 2 amide bonds. The number of hydrogen-bond acceptors (Lipinski definition) is 5. The molecule has 32 heavy (non-hydrogen) atoms. The molecule has 0 radical (unpaired) electrons. The van der Waals surface area contributed by atoms with E-state index in [-0.39, 0.29) is 18.2 Å². The highest BCUT2D eigenvalue weighted by Crippen LogP contribution is 2.41. The predicted molar refractivity (Wildman–Crippen MR) is 124 cm³/mol. The largest absolute Gasteiger partial charge is 0.497 e. The lowest BCUT2D eigenvalue weighted by molar-refractivity contribution is -0.137. The average Bonchev–Trinajstić information content (AvgIpc) is 2.80. The fraction of sp³-hybridized carbons (Fsp3) is 0.440. The van der Waals surface area contributed by atoms with Crippen molar-refractivity contribution in [3.05, 3.63) is 54.1 Å². The minimum absolute atomic E-state index is 0.0507. The van der Waals surface area contributed by atoms with Gasteiger partial charge in [0.25, 0.3) is 5.91 Å². The molecule has 2 aliphatic heterocycles. The van der Waals surface area contributed by atoms with Crippen molar-refractivity contribution in [1.82, 2.24) is 4.90 Å². The van der Waals surface area contributed by atoms with E-state index in [1.165, 1.54) is 0 Å². The van der Waals surface area contributed by atoms with Gasteiger partial charge in [0.15, 0.2) is 0 Å². The summed E-state index contributed by atoms with van der Waals surface area (Å²) >= 11 is 0. The number of rotatable bonds is 5. The van der Waals surface area contributed by atoms with Gasteiger partial charge in [0, 0.05) is 37.3 Å². The van der Waals surface area contributed by atoms with Crippen molar-refractivity contribution in [2.24, 2.45) is 0 Å². The topological polar surface area (TPSA) is 82.1 Å². The Morgan fingerprint density at radius 3 is 2.44 bits per heavy atom. The molecule has 2 heterocycles. The Balaban J connectivity index is 1.63. The number of fused-ring (bicyclic) bond motifs is 1. The number of piperidine rings is 1. The molecule has 0 bridgehead atoms. The van der Waals surface area contributed by atoms with Crippen LogP contribution < -0.4 is 15.0 Å². The lowest BCUT2D eigenvalue weighted by Gasteiger charge is -2.52. The van der Waals surface area contributed by atoms with E-state index in [9.17, 15) is 14.7 Å². The third-order valence-corrected chi connectivity index (χ3v) is 6.72. The van der Waals surface area contributed by atoms with Crippen LogP contribution in [0.2, 0.25) is 0 Å². The number of carbonyl (C=O) groups is 2. The molecule has 170 valence electrons. The third kappa shape index (κ3) is 4.05. The number of para-hydroxylation sites is 1. The third-order valence-electron chi connectivity index (χ3n) is 6.72. The summed E-state index contributed by atoms with van der Waals surface area (Å²) in [7, 11) is 1.61. The number of nitrogens with one attached hydrogen (secondary N) is 1. The molecule has 0 saturated carbocycles. The predicted octanol–water partition coefficient (Wildman–Crippen LogP) is 3.64. The van der Waals surface area contributed by atoms with Gasteiger partial charge in [-0.15, -0.1) is 0 Å². The second-order valence-electron chi connectivity index (χ2n) is 8.95. The molecule has 7 heteroatoms. The van der Waals surface area contributed by atoms with Crippen LogP contribution in [0, 0.1) is 0 Å². The number of benzene rings is 2. The van der Waals surface area contributed by atoms with E-state index in [0.717, 1.165) is 17.1 Å². The first-order valence-electron chi connectivity index (χ1n) is 11.1. The highest BCUT2D eigenvalue weighted by atomic mass is 16.5. The molecule has 0 aliphatic carbocycles. The zero-order valence-corrected chi connectivity index (χ0v) is 18.9. The lowest BCUT2D eigenvalue weighted by atomic mass is 9.88. The van der Waals surface area contributed by atoms with Crippen molar-refractivity contribution in [2.75, 3.05) is 30.4 Å². The normalized spacial score (nSPS) is 19.2. The van der Waals surface area contributed by atoms with Gasteiger partial charge in [-0.2, -0.15) is 0 Å².